The lowest BCUT2D eigenvalue weighted by atomic mass is 10.2. The number of hydrogen-bond donors (Lipinski definition) is 2. The Hall–Kier alpha value is -3.35. The number of oxazole rings is 1. The number of amides is 2. The van der Waals surface area contributed by atoms with Crippen LogP contribution in [0.1, 0.15) is 11.4 Å². The smallest absolute Gasteiger partial charge is 0.314 e. The zero-order valence-electron chi connectivity index (χ0n) is 15.1. The summed E-state index contributed by atoms with van der Waals surface area (Å²) in [6.07, 6.45) is 4.64. The van der Waals surface area contributed by atoms with Gasteiger partial charge in [0.2, 0.25) is 5.89 Å². The van der Waals surface area contributed by atoms with Gasteiger partial charge in [-0.05, 0) is 36.4 Å². The highest BCUT2D eigenvalue weighted by Gasteiger charge is 2.07. The summed E-state index contributed by atoms with van der Waals surface area (Å²) in [6, 6.07) is 13.0. The van der Waals surface area contributed by atoms with E-state index in [9.17, 15) is 4.79 Å². The second-order valence-electron chi connectivity index (χ2n) is 5.88. The van der Waals surface area contributed by atoms with Crippen LogP contribution in [0.4, 0.5) is 4.79 Å². The van der Waals surface area contributed by atoms with Crippen molar-refractivity contribution in [2.24, 2.45) is 0 Å². The van der Waals surface area contributed by atoms with Gasteiger partial charge in [0.25, 0.3) is 0 Å². The van der Waals surface area contributed by atoms with Crippen LogP contribution in [0.15, 0.2) is 59.3 Å². The minimum Gasteiger partial charge on any atom is -0.497 e. The number of nitrogens with one attached hydrogen (secondary N) is 2. The molecule has 1 aromatic carbocycles. The third-order valence-corrected chi connectivity index (χ3v) is 3.95. The molecule has 2 amide bonds. The average molecular weight is 366 g/mol. The molecule has 2 heterocycles. The quantitative estimate of drug-likeness (QED) is 0.640. The zero-order valence-corrected chi connectivity index (χ0v) is 15.1. The molecule has 2 N–H and O–H groups in total. The molecular weight excluding hydrogens is 344 g/mol. The van der Waals surface area contributed by atoms with Crippen molar-refractivity contribution in [3.63, 3.8) is 0 Å². The Balaban J connectivity index is 1.38. The summed E-state index contributed by atoms with van der Waals surface area (Å²) in [6.45, 7) is 1.01. The molecule has 0 fully saturated rings. The van der Waals surface area contributed by atoms with Gasteiger partial charge in [-0.3, -0.25) is 4.98 Å². The normalized spacial score (nSPS) is 10.4. The highest BCUT2D eigenvalue weighted by atomic mass is 16.5. The van der Waals surface area contributed by atoms with Crippen molar-refractivity contribution in [1.29, 1.82) is 0 Å². The van der Waals surface area contributed by atoms with E-state index in [1.54, 1.807) is 19.6 Å². The molecule has 0 spiro atoms. The van der Waals surface area contributed by atoms with Crippen molar-refractivity contribution in [2.75, 3.05) is 20.2 Å². The maximum Gasteiger partial charge on any atom is 0.314 e. The zero-order chi connectivity index (χ0) is 18.9. The standard InChI is InChI=1S/C20H22N4O3/c1-26-18-7-5-15(6-8-18)19-24-17(14-27-19)10-13-23-20(25)22-12-9-16-4-2-3-11-21-16/h2-8,11,14H,9-10,12-13H2,1H3,(H2,22,23,25). The van der Waals surface area contributed by atoms with Crippen LogP contribution >= 0.6 is 0 Å². The number of benzene rings is 1. The molecule has 0 aliphatic rings. The van der Waals surface area contributed by atoms with Crippen LogP contribution in [0.25, 0.3) is 11.5 Å². The monoisotopic (exact) mass is 366 g/mol. The molecule has 3 rings (SSSR count). The van der Waals surface area contributed by atoms with Gasteiger partial charge in [0, 0.05) is 43.4 Å². The second-order valence-corrected chi connectivity index (χ2v) is 5.88. The van der Waals surface area contributed by atoms with Crippen molar-refractivity contribution < 1.29 is 13.9 Å². The molecule has 0 aliphatic carbocycles. The van der Waals surface area contributed by atoms with Gasteiger partial charge in [-0.25, -0.2) is 9.78 Å². The van der Waals surface area contributed by atoms with Crippen LogP contribution in [0, 0.1) is 0 Å². The van der Waals surface area contributed by atoms with E-state index in [1.165, 1.54) is 0 Å². The number of methoxy groups -OCH3 is 1. The number of aromatic nitrogens is 2. The van der Waals surface area contributed by atoms with Gasteiger partial charge in [-0.1, -0.05) is 6.07 Å². The molecule has 27 heavy (non-hydrogen) atoms. The van der Waals surface area contributed by atoms with Crippen molar-refractivity contribution in [3.8, 4) is 17.2 Å². The Kier molecular flexibility index (Phi) is 6.40. The van der Waals surface area contributed by atoms with Crippen molar-refractivity contribution >= 4 is 6.03 Å². The highest BCUT2D eigenvalue weighted by Crippen LogP contribution is 2.21. The molecule has 3 aromatic rings. The topological polar surface area (TPSA) is 89.3 Å². The van der Waals surface area contributed by atoms with E-state index in [0.29, 0.717) is 31.8 Å². The van der Waals surface area contributed by atoms with E-state index in [1.807, 2.05) is 42.5 Å². The van der Waals surface area contributed by atoms with Crippen molar-refractivity contribution in [2.45, 2.75) is 12.8 Å². The number of rotatable bonds is 8. The van der Waals surface area contributed by atoms with E-state index >= 15 is 0 Å². The van der Waals surface area contributed by atoms with Crippen LogP contribution in [0.5, 0.6) is 5.75 Å². The predicted molar refractivity (Wildman–Crippen MR) is 102 cm³/mol. The van der Waals surface area contributed by atoms with Crippen molar-refractivity contribution in [1.82, 2.24) is 20.6 Å². The Morgan fingerprint density at radius 1 is 1.04 bits per heavy atom. The largest absolute Gasteiger partial charge is 0.497 e. The Labute approximate surface area is 157 Å². The molecule has 7 nitrogen and oxygen atoms in total. The second kappa shape index (κ2) is 9.38. The fraction of sp³-hybridized carbons (Fsp3) is 0.250. The molecule has 0 atom stereocenters. The average Bonchev–Trinajstić information content (AvgIpc) is 3.18. The number of hydrogen-bond acceptors (Lipinski definition) is 5. The summed E-state index contributed by atoms with van der Waals surface area (Å²) in [4.78, 5) is 20.5. The summed E-state index contributed by atoms with van der Waals surface area (Å²) in [5.41, 5.74) is 2.61. The lowest BCUT2D eigenvalue weighted by Gasteiger charge is -2.06. The van der Waals surface area contributed by atoms with Gasteiger partial charge in [-0.2, -0.15) is 0 Å². The van der Waals surface area contributed by atoms with Crippen LogP contribution < -0.4 is 15.4 Å². The van der Waals surface area contributed by atoms with E-state index in [0.717, 1.165) is 22.7 Å². The van der Waals surface area contributed by atoms with Crippen LogP contribution in [-0.4, -0.2) is 36.2 Å². The number of pyridine rings is 1. The fourth-order valence-electron chi connectivity index (χ4n) is 2.50. The third-order valence-electron chi connectivity index (χ3n) is 3.95. The van der Waals surface area contributed by atoms with Gasteiger partial charge in [-0.15, -0.1) is 0 Å². The van der Waals surface area contributed by atoms with E-state index < -0.39 is 0 Å². The number of nitrogens with zero attached hydrogens (tertiary/aromatic N) is 2. The van der Waals surface area contributed by atoms with Gasteiger partial charge < -0.3 is 19.8 Å². The molecule has 0 unspecified atom stereocenters. The third kappa shape index (κ3) is 5.57. The Morgan fingerprint density at radius 2 is 1.78 bits per heavy atom. The molecule has 0 saturated heterocycles. The summed E-state index contributed by atoms with van der Waals surface area (Å²) < 4.78 is 10.6. The van der Waals surface area contributed by atoms with E-state index in [-0.39, 0.29) is 6.03 Å². The number of carbonyl (C=O) groups is 1. The van der Waals surface area contributed by atoms with E-state index in [4.69, 9.17) is 9.15 Å². The first-order valence-corrected chi connectivity index (χ1v) is 8.75. The number of urea groups is 1. The summed E-state index contributed by atoms with van der Waals surface area (Å²) in [5, 5.41) is 5.63. The first-order chi connectivity index (χ1) is 13.2. The first-order valence-electron chi connectivity index (χ1n) is 8.75. The van der Waals surface area contributed by atoms with Crippen LogP contribution in [0.2, 0.25) is 0 Å². The number of carbonyl (C=O) groups excluding carboxylic acids is 1. The fourth-order valence-corrected chi connectivity index (χ4v) is 2.50. The molecule has 0 bridgehead atoms. The molecule has 0 aliphatic heterocycles. The van der Waals surface area contributed by atoms with Crippen LogP contribution in [0.3, 0.4) is 0 Å². The predicted octanol–water partition coefficient (Wildman–Crippen LogP) is 2.83. The number of ether oxygens (including phenoxy) is 1. The van der Waals surface area contributed by atoms with Crippen LogP contribution in [-0.2, 0) is 12.8 Å². The first kappa shape index (κ1) is 18.4. The molecule has 7 heteroatoms. The summed E-state index contributed by atoms with van der Waals surface area (Å²) in [5.74, 6) is 1.33. The lowest BCUT2D eigenvalue weighted by molar-refractivity contribution is 0.241. The van der Waals surface area contributed by atoms with Gasteiger partial charge >= 0.3 is 6.03 Å². The Bertz CT molecular complexity index is 847. The molecule has 140 valence electrons. The van der Waals surface area contributed by atoms with Crippen molar-refractivity contribution in [3.05, 3.63) is 66.3 Å². The maximum atomic E-state index is 11.8. The minimum atomic E-state index is -0.204. The summed E-state index contributed by atoms with van der Waals surface area (Å²) >= 11 is 0. The minimum absolute atomic E-state index is 0.204. The van der Waals surface area contributed by atoms with Gasteiger partial charge in [0.15, 0.2) is 0 Å². The van der Waals surface area contributed by atoms with Gasteiger partial charge in [0.05, 0.1) is 12.8 Å². The Morgan fingerprint density at radius 3 is 2.44 bits per heavy atom. The molecule has 0 radical (unpaired) electrons. The molecule has 0 saturated carbocycles. The summed E-state index contributed by atoms with van der Waals surface area (Å²) in [7, 11) is 1.62. The van der Waals surface area contributed by atoms with Gasteiger partial charge in [0.1, 0.15) is 12.0 Å². The van der Waals surface area contributed by atoms with E-state index in [2.05, 4.69) is 20.6 Å². The lowest BCUT2D eigenvalue weighted by Crippen LogP contribution is -2.37. The molecule has 2 aromatic heterocycles. The maximum absolute atomic E-state index is 11.8. The highest BCUT2D eigenvalue weighted by molar-refractivity contribution is 5.73. The molecular formula is C20H22N4O3. The SMILES string of the molecule is COc1ccc(-c2nc(CCNC(=O)NCCc3ccccn3)co2)cc1.